The summed E-state index contributed by atoms with van der Waals surface area (Å²) in [7, 11) is 0. The van der Waals surface area contributed by atoms with Gasteiger partial charge in [0.1, 0.15) is 22.8 Å². The number of para-hydroxylation sites is 3. The lowest BCUT2D eigenvalue weighted by Gasteiger charge is -2.19. The number of benzene rings is 12. The van der Waals surface area contributed by atoms with Gasteiger partial charge in [-0.3, -0.25) is 9.13 Å². The van der Waals surface area contributed by atoms with Crippen LogP contribution in [-0.4, -0.2) is 49.0 Å². The normalized spacial score (nSPS) is 11.8. The predicted molar refractivity (Wildman–Crippen MR) is 426 cm³/mol. The van der Waals surface area contributed by atoms with Gasteiger partial charge in [0.2, 0.25) is 0 Å². The number of nitrogens with zero attached hydrogens (tertiary/aromatic N) is 10. The first-order valence-electron chi connectivity index (χ1n) is 34.8. The fourth-order valence-corrected chi connectivity index (χ4v) is 15.6. The Labute approximate surface area is 602 Å². The summed E-state index contributed by atoms with van der Waals surface area (Å²) in [6.07, 6.45) is 3.71. The second-order valence-corrected chi connectivity index (χ2v) is 28.2. The summed E-state index contributed by atoms with van der Waals surface area (Å²) in [5.41, 5.74) is 17.6. The molecule has 0 radical (unpaired) electrons. The fraction of sp³-hybridized carbons (Fsp3) is 0.0435. The summed E-state index contributed by atoms with van der Waals surface area (Å²) in [5.74, 6) is 5.30. The van der Waals surface area contributed by atoms with E-state index in [1.54, 1.807) is 0 Å². The Morgan fingerprint density at radius 1 is 0.288 bits per heavy atom. The number of hydrogen-bond acceptors (Lipinski definition) is 10. The van der Waals surface area contributed by atoms with Crippen LogP contribution in [0.5, 0.6) is 0 Å². The highest BCUT2D eigenvalue weighted by molar-refractivity contribution is 7.26. The van der Waals surface area contributed by atoms with Crippen molar-refractivity contribution in [3.8, 4) is 102 Å². The molecule has 0 aliphatic heterocycles. The zero-order valence-corrected chi connectivity index (χ0v) is 57.7. The quantitative estimate of drug-likeness (QED) is 0.132. The number of hydrogen-bond donors (Lipinski definition) is 0. The maximum absolute atomic E-state index is 6.21. The van der Waals surface area contributed by atoms with Crippen molar-refractivity contribution >= 4 is 97.1 Å². The first-order chi connectivity index (χ1) is 51.2. The van der Waals surface area contributed by atoms with Crippen LogP contribution in [0.15, 0.2) is 326 Å². The minimum absolute atomic E-state index is 0.0487. The number of fused-ring (bicyclic) bond motifs is 12. The molecule has 0 aliphatic rings. The van der Waals surface area contributed by atoms with E-state index in [1.807, 2.05) is 151 Å². The summed E-state index contributed by atoms with van der Waals surface area (Å²) < 4.78 is 13.3. The van der Waals surface area contributed by atoms with Crippen molar-refractivity contribution in [2.24, 2.45) is 0 Å². The lowest BCUT2D eigenvalue weighted by Crippen LogP contribution is -2.10. The van der Waals surface area contributed by atoms with Gasteiger partial charge in [-0.1, -0.05) is 245 Å². The number of pyridine rings is 2. The van der Waals surface area contributed by atoms with Crippen LogP contribution in [-0.2, 0) is 5.41 Å². The van der Waals surface area contributed by atoms with Gasteiger partial charge in [-0.2, -0.15) is 0 Å². The van der Waals surface area contributed by atoms with Crippen LogP contribution in [0, 0.1) is 0 Å². The van der Waals surface area contributed by atoms with Gasteiger partial charge in [0.25, 0.3) is 0 Å². The van der Waals surface area contributed by atoms with Crippen LogP contribution in [0.3, 0.4) is 0 Å². The predicted octanol–water partition coefficient (Wildman–Crippen LogP) is 23.6. The average Bonchev–Trinajstić information content (AvgIpc) is 1.61. The van der Waals surface area contributed by atoms with Gasteiger partial charge in [-0.25, -0.2) is 39.9 Å². The lowest BCUT2D eigenvalue weighted by molar-refractivity contribution is 0.590. The van der Waals surface area contributed by atoms with Crippen LogP contribution >= 0.6 is 11.3 Å². The van der Waals surface area contributed by atoms with Crippen molar-refractivity contribution in [3.63, 3.8) is 0 Å². The minimum Gasteiger partial charge on any atom is -0.456 e. The Morgan fingerprint density at radius 3 is 1.35 bits per heavy atom. The number of rotatable bonds is 10. The standard InChI is InChI=1S/C48H35N5S.C44H27N5O/c1-48(2,3)34-23-20-31(21-24-34)46-50-45(30-12-5-4-6-13-30)51-47(52-46)33-26-27-49-43(29-33)53-40-18-9-7-14-36(40)39-28-32(22-25-41(39)53)35-16-11-17-38-37-15-8-10-19-42(37)54-44(35)38;1-3-11-28(12-4-1)42-46-43(29-13-5-2-6-14-29)48-44(47-42)32-21-24-41(45-27-32)49-37-17-9-7-15-33(37)36-25-30(20-23-38(36)49)31-19-22-35-34-16-8-10-18-39(34)50-40(35)26-31/h4-29H,1-3H3;1-27H. The third-order valence-corrected chi connectivity index (χ3v) is 20.8. The largest absolute Gasteiger partial charge is 0.456 e. The van der Waals surface area contributed by atoms with E-state index in [2.05, 4.69) is 212 Å². The molecule has 0 N–H and O–H groups in total. The summed E-state index contributed by atoms with van der Waals surface area (Å²) >= 11 is 1.86. The zero-order valence-electron chi connectivity index (χ0n) is 56.9. The molecule has 0 atom stereocenters. The van der Waals surface area contributed by atoms with Crippen molar-refractivity contribution in [1.82, 2.24) is 49.0 Å². The maximum Gasteiger partial charge on any atom is 0.165 e. The summed E-state index contributed by atoms with van der Waals surface area (Å²) in [6.45, 7) is 6.67. The molecule has 0 bridgehead atoms. The van der Waals surface area contributed by atoms with E-state index in [0.717, 1.165) is 111 Å². The summed E-state index contributed by atoms with van der Waals surface area (Å²) in [4.78, 5) is 39.6. The Kier molecular flexibility index (Phi) is 15.0. The third kappa shape index (κ3) is 11.1. The molecule has 0 unspecified atom stereocenters. The first-order valence-corrected chi connectivity index (χ1v) is 35.6. The Balaban J connectivity index is 0.000000144. The molecule has 8 aromatic heterocycles. The van der Waals surface area contributed by atoms with Gasteiger partial charge >= 0.3 is 0 Å². The number of furan rings is 1. The molecule has 0 saturated heterocycles. The van der Waals surface area contributed by atoms with Crippen molar-refractivity contribution < 1.29 is 4.42 Å². The van der Waals surface area contributed by atoms with Crippen LogP contribution in [0.4, 0.5) is 0 Å². The van der Waals surface area contributed by atoms with Gasteiger partial charge in [0.05, 0.1) is 22.1 Å². The topological polar surface area (TPSA) is 126 Å². The van der Waals surface area contributed by atoms with E-state index in [-0.39, 0.29) is 5.41 Å². The van der Waals surface area contributed by atoms with Gasteiger partial charge in [0.15, 0.2) is 34.9 Å². The van der Waals surface area contributed by atoms with Gasteiger partial charge < -0.3 is 4.42 Å². The average molecular weight is 1360 g/mol. The second-order valence-electron chi connectivity index (χ2n) is 27.1. The van der Waals surface area contributed by atoms with E-state index < -0.39 is 0 Å². The molecular weight excluding hydrogens is 1290 g/mol. The molecule has 20 aromatic rings. The van der Waals surface area contributed by atoms with Gasteiger partial charge in [-0.05, 0) is 118 Å². The maximum atomic E-state index is 6.21. The monoisotopic (exact) mass is 1350 g/mol. The summed E-state index contributed by atoms with van der Waals surface area (Å²) in [5, 5.41) is 9.55. The SMILES string of the molecule is CC(C)(C)c1ccc(-c2nc(-c3ccccc3)nc(-c3ccnc(-n4c5ccccc5c5cc(-c6cccc7c6sc6ccccc67)ccc54)c3)n2)cc1.c1ccc(-c2nc(-c3ccccc3)nc(-c3ccc(-n4c5ccccc5c5cc(-c6ccc7c(c6)oc6ccccc67)ccc54)nc3)n2)cc1. The molecule has 12 aromatic carbocycles. The lowest BCUT2D eigenvalue weighted by atomic mass is 9.87. The Bertz CT molecular complexity index is 6640. The molecule has 0 saturated carbocycles. The van der Waals surface area contributed by atoms with Crippen LogP contribution in [0.25, 0.3) is 188 Å². The summed E-state index contributed by atoms with van der Waals surface area (Å²) in [6, 6.07) is 107. The molecule has 20 rings (SSSR count). The van der Waals surface area contributed by atoms with E-state index in [1.165, 1.54) is 47.6 Å². The highest BCUT2D eigenvalue weighted by atomic mass is 32.1. The molecule has 0 spiro atoms. The highest BCUT2D eigenvalue weighted by Crippen LogP contribution is 2.43. The molecule has 104 heavy (non-hydrogen) atoms. The van der Waals surface area contributed by atoms with E-state index in [4.69, 9.17) is 44.3 Å². The fourth-order valence-electron chi connectivity index (χ4n) is 14.4. The van der Waals surface area contributed by atoms with Gasteiger partial charge in [0, 0.05) is 98.3 Å². The van der Waals surface area contributed by atoms with Crippen molar-refractivity contribution in [1.29, 1.82) is 0 Å². The number of aromatic nitrogens is 10. The van der Waals surface area contributed by atoms with Gasteiger partial charge in [-0.15, -0.1) is 11.3 Å². The first kappa shape index (κ1) is 61.7. The molecule has 0 aliphatic carbocycles. The molecular formula is C92H62N10OS. The van der Waals surface area contributed by atoms with Crippen LogP contribution < -0.4 is 0 Å². The van der Waals surface area contributed by atoms with Crippen LogP contribution in [0.2, 0.25) is 0 Å². The van der Waals surface area contributed by atoms with Crippen molar-refractivity contribution in [2.45, 2.75) is 26.2 Å². The van der Waals surface area contributed by atoms with Crippen molar-refractivity contribution in [3.05, 3.63) is 327 Å². The molecule has 0 fully saturated rings. The Hall–Kier alpha value is -13.4. The van der Waals surface area contributed by atoms with E-state index in [9.17, 15) is 0 Å². The van der Waals surface area contributed by atoms with E-state index >= 15 is 0 Å². The molecule has 492 valence electrons. The van der Waals surface area contributed by atoms with E-state index in [0.29, 0.717) is 34.9 Å². The molecule has 0 amide bonds. The molecule has 12 heteroatoms. The molecule has 11 nitrogen and oxygen atoms in total. The smallest absolute Gasteiger partial charge is 0.165 e. The minimum atomic E-state index is 0.0487. The highest BCUT2D eigenvalue weighted by Gasteiger charge is 2.22. The van der Waals surface area contributed by atoms with Crippen LogP contribution in [0.1, 0.15) is 26.3 Å². The zero-order chi connectivity index (χ0) is 69.4. The third-order valence-electron chi connectivity index (χ3n) is 19.6. The second kappa shape index (κ2) is 25.3. The molecule has 8 heterocycles. The Morgan fingerprint density at radius 2 is 0.740 bits per heavy atom. The number of thiophene rings is 1. The van der Waals surface area contributed by atoms with Crippen molar-refractivity contribution in [2.75, 3.05) is 0 Å².